The van der Waals surface area contributed by atoms with Crippen LogP contribution in [0, 0.1) is 19.7 Å². The fourth-order valence-corrected chi connectivity index (χ4v) is 2.88. The minimum absolute atomic E-state index is 0.0677. The van der Waals surface area contributed by atoms with E-state index in [-0.39, 0.29) is 12.4 Å². The van der Waals surface area contributed by atoms with Crippen molar-refractivity contribution in [3.05, 3.63) is 69.8 Å². The third kappa shape index (κ3) is 2.65. The zero-order valence-electron chi connectivity index (χ0n) is 14.2. The van der Waals surface area contributed by atoms with Gasteiger partial charge in [-0.15, -0.1) is 4.73 Å². The lowest BCUT2D eigenvalue weighted by molar-refractivity contribution is 0.0980. The summed E-state index contributed by atoms with van der Waals surface area (Å²) < 4.78 is 15.0. The molecule has 7 nitrogen and oxygen atoms in total. The summed E-state index contributed by atoms with van der Waals surface area (Å²) >= 11 is 0. The van der Waals surface area contributed by atoms with Crippen LogP contribution >= 0.6 is 0 Å². The van der Waals surface area contributed by atoms with E-state index >= 15 is 0 Å². The highest BCUT2D eigenvalue weighted by atomic mass is 19.1. The number of hydrogen-bond acceptors (Lipinski definition) is 4. The number of rotatable bonds is 4. The normalized spacial score (nSPS) is 11.2. The van der Waals surface area contributed by atoms with Crippen LogP contribution in [0.15, 0.2) is 41.6 Å². The van der Waals surface area contributed by atoms with Gasteiger partial charge in [0, 0.05) is 29.1 Å². The first kappa shape index (κ1) is 16.1. The van der Waals surface area contributed by atoms with Gasteiger partial charge in [0.05, 0.1) is 6.20 Å². The Morgan fingerprint density at radius 2 is 2.08 bits per heavy atom. The second-order valence-electron chi connectivity index (χ2n) is 6.04. The number of aromatic amines is 2. The van der Waals surface area contributed by atoms with Gasteiger partial charge in [-0.25, -0.2) is 14.2 Å². The predicted molar refractivity (Wildman–Crippen MR) is 94.1 cm³/mol. The van der Waals surface area contributed by atoms with Crippen LogP contribution in [0.4, 0.5) is 4.39 Å². The molecule has 0 saturated heterocycles. The summed E-state index contributed by atoms with van der Waals surface area (Å²) in [6.07, 6.45) is 5.05. The molecule has 0 fully saturated rings. The van der Waals surface area contributed by atoms with Crippen LogP contribution in [0.1, 0.15) is 16.7 Å². The van der Waals surface area contributed by atoms with E-state index in [0.717, 1.165) is 21.4 Å². The van der Waals surface area contributed by atoms with Crippen LogP contribution in [-0.2, 0) is 6.61 Å². The first-order valence-electron chi connectivity index (χ1n) is 8.02. The van der Waals surface area contributed by atoms with E-state index < -0.39 is 5.69 Å². The maximum atomic E-state index is 13.8. The quantitative estimate of drug-likeness (QED) is 0.590. The predicted octanol–water partition coefficient (Wildman–Crippen LogP) is 2.50. The Balaban J connectivity index is 1.73. The summed E-state index contributed by atoms with van der Waals surface area (Å²) in [5.41, 5.74) is 4.23. The van der Waals surface area contributed by atoms with Crippen LogP contribution in [0.25, 0.3) is 22.3 Å². The zero-order chi connectivity index (χ0) is 18.3. The molecule has 0 unspecified atom stereocenters. The van der Waals surface area contributed by atoms with Crippen molar-refractivity contribution in [2.45, 2.75) is 20.5 Å². The molecule has 0 radical (unpaired) electrons. The maximum Gasteiger partial charge on any atom is 0.360 e. The zero-order valence-corrected chi connectivity index (χ0v) is 14.2. The van der Waals surface area contributed by atoms with Crippen LogP contribution in [0.5, 0.6) is 0 Å². The average molecular weight is 353 g/mol. The van der Waals surface area contributed by atoms with E-state index in [9.17, 15) is 9.18 Å². The topological polar surface area (TPSA) is 88.6 Å². The van der Waals surface area contributed by atoms with Gasteiger partial charge in [0.15, 0.2) is 5.65 Å². The molecule has 0 aliphatic heterocycles. The van der Waals surface area contributed by atoms with Crippen molar-refractivity contribution >= 4 is 11.2 Å². The third-order valence-electron chi connectivity index (χ3n) is 4.43. The minimum atomic E-state index is -0.441. The molecule has 1 aromatic carbocycles. The number of benzene rings is 1. The Morgan fingerprint density at radius 1 is 1.23 bits per heavy atom. The highest BCUT2D eigenvalue weighted by Crippen LogP contribution is 2.21. The number of aryl methyl sites for hydroxylation is 1. The largest absolute Gasteiger partial charge is 0.404 e. The van der Waals surface area contributed by atoms with Crippen LogP contribution in [0.2, 0.25) is 0 Å². The molecule has 0 aliphatic carbocycles. The van der Waals surface area contributed by atoms with Gasteiger partial charge in [-0.1, -0.05) is 6.07 Å². The number of H-pyrrole nitrogens is 2. The first-order chi connectivity index (χ1) is 12.5. The molecule has 0 saturated carbocycles. The van der Waals surface area contributed by atoms with Gasteiger partial charge in [-0.05, 0) is 37.1 Å². The third-order valence-corrected chi connectivity index (χ3v) is 4.43. The van der Waals surface area contributed by atoms with E-state index in [2.05, 4.69) is 20.2 Å². The molecule has 132 valence electrons. The molecule has 3 aromatic heterocycles. The number of halogens is 1. The highest BCUT2D eigenvalue weighted by Gasteiger charge is 2.13. The van der Waals surface area contributed by atoms with Crippen molar-refractivity contribution in [3.8, 4) is 11.1 Å². The first-order valence-corrected chi connectivity index (χ1v) is 8.02. The molecule has 3 heterocycles. The molecule has 2 N–H and O–H groups in total. The fourth-order valence-electron chi connectivity index (χ4n) is 2.88. The lowest BCUT2D eigenvalue weighted by atomic mass is 10.0. The molecular formula is C18H16FN5O2. The Labute approximate surface area is 147 Å². The van der Waals surface area contributed by atoms with Crippen LogP contribution in [-0.4, -0.2) is 24.9 Å². The molecule has 0 bridgehead atoms. The molecule has 8 heteroatoms. The number of nitrogens with one attached hydrogen (secondary N) is 2. The van der Waals surface area contributed by atoms with Gasteiger partial charge in [0.25, 0.3) is 0 Å². The summed E-state index contributed by atoms with van der Waals surface area (Å²) in [4.78, 5) is 24.9. The fraction of sp³-hybridized carbons (Fsp3) is 0.167. The van der Waals surface area contributed by atoms with Gasteiger partial charge in [0.2, 0.25) is 0 Å². The number of imidazole rings is 1. The lowest BCUT2D eigenvalue weighted by Gasteiger charge is -2.12. The molecule has 4 aromatic rings. The van der Waals surface area contributed by atoms with E-state index in [0.29, 0.717) is 22.3 Å². The monoisotopic (exact) mass is 353 g/mol. The van der Waals surface area contributed by atoms with E-state index in [4.69, 9.17) is 4.84 Å². The number of pyridine rings is 1. The Kier molecular flexibility index (Phi) is 3.80. The Bertz CT molecular complexity index is 1140. The molecule has 0 aliphatic rings. The van der Waals surface area contributed by atoms with Crippen molar-refractivity contribution in [3.63, 3.8) is 0 Å². The highest BCUT2D eigenvalue weighted by molar-refractivity contribution is 5.77. The van der Waals surface area contributed by atoms with Crippen molar-refractivity contribution in [1.82, 2.24) is 24.9 Å². The number of aromatic nitrogens is 5. The van der Waals surface area contributed by atoms with E-state index in [1.807, 2.05) is 6.92 Å². The summed E-state index contributed by atoms with van der Waals surface area (Å²) in [5.74, 6) is -0.301. The van der Waals surface area contributed by atoms with Crippen molar-refractivity contribution in [1.29, 1.82) is 0 Å². The van der Waals surface area contributed by atoms with E-state index in [1.54, 1.807) is 37.6 Å². The minimum Gasteiger partial charge on any atom is -0.404 e. The van der Waals surface area contributed by atoms with Gasteiger partial charge in [-0.2, -0.15) is 5.10 Å². The summed E-state index contributed by atoms with van der Waals surface area (Å²) in [7, 11) is 0. The van der Waals surface area contributed by atoms with Crippen molar-refractivity contribution in [2.24, 2.45) is 0 Å². The van der Waals surface area contributed by atoms with E-state index in [1.165, 1.54) is 6.07 Å². The standard InChI is InChI=1S/C18H16FN5O2/c1-10-3-4-15(19)11(2)14(10)9-26-24-16-5-12(13-7-21-22-8-13)6-20-17(16)23-18(24)25/h3-8H,9H2,1-2H3,(H,21,22)(H,20,23,25). The summed E-state index contributed by atoms with van der Waals surface area (Å²) in [6.45, 7) is 3.64. The molecular weight excluding hydrogens is 337 g/mol. The molecule has 26 heavy (non-hydrogen) atoms. The van der Waals surface area contributed by atoms with Gasteiger partial charge >= 0.3 is 5.69 Å². The van der Waals surface area contributed by atoms with Gasteiger partial charge in [-0.3, -0.25) is 10.1 Å². The average Bonchev–Trinajstić information content (AvgIpc) is 3.26. The number of fused-ring (bicyclic) bond motifs is 1. The lowest BCUT2D eigenvalue weighted by Crippen LogP contribution is -2.24. The Morgan fingerprint density at radius 3 is 2.85 bits per heavy atom. The maximum absolute atomic E-state index is 13.8. The molecule has 0 atom stereocenters. The number of nitrogens with zero attached hydrogens (tertiary/aromatic N) is 3. The van der Waals surface area contributed by atoms with Crippen molar-refractivity contribution in [2.75, 3.05) is 0 Å². The SMILES string of the molecule is Cc1ccc(F)c(C)c1COn1c(=O)[nH]c2ncc(-c3cn[nH]c3)cc21. The number of hydrogen-bond donors (Lipinski definition) is 2. The van der Waals surface area contributed by atoms with Gasteiger partial charge < -0.3 is 4.84 Å². The van der Waals surface area contributed by atoms with Crippen LogP contribution in [0.3, 0.4) is 0 Å². The molecule has 0 amide bonds. The molecule has 4 rings (SSSR count). The van der Waals surface area contributed by atoms with Crippen LogP contribution < -0.4 is 10.5 Å². The van der Waals surface area contributed by atoms with Gasteiger partial charge in [0.1, 0.15) is 17.9 Å². The summed E-state index contributed by atoms with van der Waals surface area (Å²) in [6, 6.07) is 4.90. The second kappa shape index (κ2) is 6.14. The van der Waals surface area contributed by atoms with Crippen molar-refractivity contribution < 1.29 is 9.23 Å². The summed E-state index contributed by atoms with van der Waals surface area (Å²) in [5, 5.41) is 6.65. The smallest absolute Gasteiger partial charge is 0.360 e. The Hall–Kier alpha value is -3.42. The second-order valence-corrected chi connectivity index (χ2v) is 6.04. The molecule has 0 spiro atoms.